The zero-order valence-corrected chi connectivity index (χ0v) is 10.6. The molecule has 3 nitrogen and oxygen atoms in total. The van der Waals surface area contributed by atoms with Crippen LogP contribution in [-0.4, -0.2) is 25.3 Å². The zero-order chi connectivity index (χ0) is 15.1. The highest BCUT2D eigenvalue weighted by molar-refractivity contribution is 6.31. The van der Waals surface area contributed by atoms with Crippen molar-refractivity contribution < 1.29 is 31.4 Å². The number of hydrogen-bond donors (Lipinski definition) is 1. The van der Waals surface area contributed by atoms with Crippen LogP contribution in [0.15, 0.2) is 12.1 Å². The van der Waals surface area contributed by atoms with Crippen molar-refractivity contribution in [1.29, 1.82) is 0 Å². The number of rotatable bonds is 2. The normalized spacial score (nSPS) is 16.9. The van der Waals surface area contributed by atoms with E-state index in [1.165, 1.54) is 0 Å². The van der Waals surface area contributed by atoms with Crippen molar-refractivity contribution in [3.8, 4) is 11.5 Å². The van der Waals surface area contributed by atoms with Crippen LogP contribution in [0.1, 0.15) is 11.6 Å². The van der Waals surface area contributed by atoms with Crippen LogP contribution in [0.25, 0.3) is 0 Å². The van der Waals surface area contributed by atoms with E-state index >= 15 is 0 Å². The average Bonchev–Trinajstić information content (AvgIpc) is 2.35. The molecule has 1 aromatic carbocycles. The predicted octanol–water partition coefficient (Wildman–Crippen LogP) is 3.31. The summed E-state index contributed by atoms with van der Waals surface area (Å²) in [6.45, 7) is 0.381. The summed E-state index contributed by atoms with van der Waals surface area (Å²) in [6.07, 6.45) is -5.77. The maximum absolute atomic E-state index is 13.2. The second-order valence-electron chi connectivity index (χ2n) is 4.12. The molecular formula is C11H9ClF5NO2. The van der Waals surface area contributed by atoms with Gasteiger partial charge in [0.05, 0.1) is 0 Å². The number of benzene rings is 1. The molecule has 2 N–H and O–H groups in total. The van der Waals surface area contributed by atoms with Gasteiger partial charge in [0.1, 0.15) is 19.3 Å². The van der Waals surface area contributed by atoms with Crippen LogP contribution >= 0.6 is 11.6 Å². The lowest BCUT2D eigenvalue weighted by Gasteiger charge is -2.28. The monoisotopic (exact) mass is 317 g/mol. The first-order chi connectivity index (χ1) is 9.14. The molecule has 0 aromatic heterocycles. The SMILES string of the molecule is NC(c1cc2c(cc1Cl)OCCO2)C(F)(F)C(F)(F)F. The molecule has 9 heteroatoms. The Kier molecular flexibility index (Phi) is 3.72. The van der Waals surface area contributed by atoms with Gasteiger partial charge in [0, 0.05) is 11.1 Å². The van der Waals surface area contributed by atoms with E-state index in [1.54, 1.807) is 0 Å². The highest BCUT2D eigenvalue weighted by Crippen LogP contribution is 2.46. The second kappa shape index (κ2) is 4.92. The fourth-order valence-corrected chi connectivity index (χ4v) is 1.96. The van der Waals surface area contributed by atoms with Crippen LogP contribution in [0.5, 0.6) is 11.5 Å². The summed E-state index contributed by atoms with van der Waals surface area (Å²) in [7, 11) is 0. The van der Waals surface area contributed by atoms with Crippen molar-refractivity contribution in [3.05, 3.63) is 22.7 Å². The molecule has 0 fully saturated rings. The van der Waals surface area contributed by atoms with Crippen LogP contribution in [0.2, 0.25) is 5.02 Å². The molecule has 20 heavy (non-hydrogen) atoms. The second-order valence-corrected chi connectivity index (χ2v) is 4.52. The first-order valence-electron chi connectivity index (χ1n) is 5.43. The Morgan fingerprint density at radius 2 is 1.55 bits per heavy atom. The first-order valence-corrected chi connectivity index (χ1v) is 5.81. The van der Waals surface area contributed by atoms with E-state index in [1.807, 2.05) is 0 Å². The van der Waals surface area contributed by atoms with Gasteiger partial charge in [-0.2, -0.15) is 22.0 Å². The smallest absolute Gasteiger partial charge is 0.455 e. The van der Waals surface area contributed by atoms with Gasteiger partial charge in [-0.15, -0.1) is 0 Å². The topological polar surface area (TPSA) is 44.5 Å². The Bertz CT molecular complexity index is 520. The first kappa shape index (κ1) is 15.1. The summed E-state index contributed by atoms with van der Waals surface area (Å²) in [5.41, 5.74) is 4.48. The number of alkyl halides is 5. The summed E-state index contributed by atoms with van der Waals surface area (Å²) in [4.78, 5) is 0. The van der Waals surface area contributed by atoms with Gasteiger partial charge in [-0.1, -0.05) is 11.6 Å². The Morgan fingerprint density at radius 1 is 1.05 bits per heavy atom. The average molecular weight is 318 g/mol. The molecule has 0 saturated heterocycles. The number of ether oxygens (including phenoxy) is 2. The standard InChI is InChI=1S/C11H9ClF5NO2/c12-6-4-8-7(19-1-2-20-8)3-5(6)9(18)10(13,14)11(15,16)17/h3-4,9H,1-2,18H2. The Hall–Kier alpha value is -1.28. The fourth-order valence-electron chi connectivity index (χ4n) is 1.69. The summed E-state index contributed by atoms with van der Waals surface area (Å²) in [5, 5.41) is -0.342. The molecule has 1 heterocycles. The maximum atomic E-state index is 13.2. The van der Waals surface area contributed by atoms with Gasteiger partial charge in [-0.05, 0) is 11.6 Å². The van der Waals surface area contributed by atoms with Crippen LogP contribution < -0.4 is 15.2 Å². The molecule has 0 aliphatic carbocycles. The van der Waals surface area contributed by atoms with Gasteiger partial charge < -0.3 is 15.2 Å². The third-order valence-corrected chi connectivity index (χ3v) is 3.09. The van der Waals surface area contributed by atoms with Gasteiger partial charge in [-0.3, -0.25) is 0 Å². The van der Waals surface area contributed by atoms with Gasteiger partial charge in [0.15, 0.2) is 11.5 Å². The lowest BCUT2D eigenvalue weighted by atomic mass is 10.00. The molecule has 1 aliphatic heterocycles. The Labute approximate surface area is 115 Å². The van der Waals surface area contributed by atoms with Gasteiger partial charge in [0.25, 0.3) is 0 Å². The van der Waals surface area contributed by atoms with Crippen molar-refractivity contribution in [2.45, 2.75) is 18.1 Å². The van der Waals surface area contributed by atoms with Crippen molar-refractivity contribution in [1.82, 2.24) is 0 Å². The number of halogens is 6. The molecule has 0 saturated carbocycles. The minimum Gasteiger partial charge on any atom is -0.486 e. The fraction of sp³-hybridized carbons (Fsp3) is 0.455. The van der Waals surface area contributed by atoms with Gasteiger partial charge in [-0.25, -0.2) is 0 Å². The molecule has 1 unspecified atom stereocenters. The largest absolute Gasteiger partial charge is 0.486 e. The van der Waals surface area contributed by atoms with E-state index in [2.05, 4.69) is 0 Å². The molecule has 112 valence electrons. The molecule has 1 aliphatic rings. The summed E-state index contributed by atoms with van der Waals surface area (Å²) >= 11 is 5.70. The summed E-state index contributed by atoms with van der Waals surface area (Å²) in [6, 6.07) is -0.579. The number of fused-ring (bicyclic) bond motifs is 1. The molecule has 0 bridgehead atoms. The summed E-state index contributed by atoms with van der Waals surface area (Å²) < 4.78 is 73.7. The van der Waals surface area contributed by atoms with Crippen LogP contribution in [-0.2, 0) is 0 Å². The van der Waals surface area contributed by atoms with Crippen molar-refractivity contribution in [2.75, 3.05) is 13.2 Å². The van der Waals surface area contributed by atoms with E-state index in [0.717, 1.165) is 12.1 Å². The van der Waals surface area contributed by atoms with E-state index in [0.29, 0.717) is 0 Å². The quantitative estimate of drug-likeness (QED) is 0.851. The minimum atomic E-state index is -5.77. The highest BCUT2D eigenvalue weighted by Gasteiger charge is 2.62. The van der Waals surface area contributed by atoms with E-state index in [-0.39, 0.29) is 29.7 Å². The molecule has 0 spiro atoms. The lowest BCUT2D eigenvalue weighted by molar-refractivity contribution is -0.291. The van der Waals surface area contributed by atoms with Gasteiger partial charge in [0.2, 0.25) is 0 Å². The summed E-state index contributed by atoms with van der Waals surface area (Å²) in [5.74, 6) is -4.91. The molecule has 0 amide bonds. The third-order valence-electron chi connectivity index (χ3n) is 2.77. The lowest BCUT2D eigenvalue weighted by Crippen LogP contribution is -2.46. The highest BCUT2D eigenvalue weighted by atomic mass is 35.5. The minimum absolute atomic E-state index is 0.0316. The van der Waals surface area contributed by atoms with Crippen LogP contribution in [0.3, 0.4) is 0 Å². The van der Waals surface area contributed by atoms with Gasteiger partial charge >= 0.3 is 12.1 Å². The number of hydrogen-bond acceptors (Lipinski definition) is 3. The zero-order valence-electron chi connectivity index (χ0n) is 9.81. The van der Waals surface area contributed by atoms with Crippen LogP contribution in [0, 0.1) is 0 Å². The predicted molar refractivity (Wildman–Crippen MR) is 60.4 cm³/mol. The molecule has 1 aromatic rings. The van der Waals surface area contributed by atoms with Crippen molar-refractivity contribution in [2.24, 2.45) is 5.73 Å². The van der Waals surface area contributed by atoms with Crippen molar-refractivity contribution >= 4 is 11.6 Å². The maximum Gasteiger partial charge on any atom is 0.455 e. The van der Waals surface area contributed by atoms with E-state index < -0.39 is 23.7 Å². The van der Waals surface area contributed by atoms with E-state index in [4.69, 9.17) is 26.8 Å². The van der Waals surface area contributed by atoms with Crippen LogP contribution in [0.4, 0.5) is 22.0 Å². The Balaban J connectivity index is 2.42. The molecule has 0 radical (unpaired) electrons. The molecular weight excluding hydrogens is 309 g/mol. The Morgan fingerprint density at radius 3 is 2.05 bits per heavy atom. The van der Waals surface area contributed by atoms with Crippen molar-refractivity contribution in [3.63, 3.8) is 0 Å². The van der Waals surface area contributed by atoms with E-state index in [9.17, 15) is 22.0 Å². The third kappa shape index (κ3) is 2.49. The molecule has 1 atom stereocenters. The number of nitrogens with two attached hydrogens (primary N) is 1. The molecule has 2 rings (SSSR count).